The number of benzene rings is 3. The van der Waals surface area contributed by atoms with E-state index < -0.39 is 0 Å². The largest absolute Gasteiger partial charge is 0.508 e. The maximum atomic E-state index is 13.4. The molecule has 0 unspecified atom stereocenters. The molecule has 4 rings (SSSR count). The van der Waals surface area contributed by atoms with Crippen LogP contribution in [0.1, 0.15) is 60.0 Å². The minimum atomic E-state index is -0.0995. The fourth-order valence-electron chi connectivity index (χ4n) is 3.34. The lowest BCUT2D eigenvalue weighted by Gasteiger charge is -2.10. The molecule has 0 aliphatic heterocycles. The number of phenols is 1. The van der Waals surface area contributed by atoms with E-state index in [0.29, 0.717) is 27.9 Å². The Morgan fingerprint density at radius 2 is 1.65 bits per heavy atom. The molecule has 3 aromatic carbocycles. The Bertz CT molecular complexity index is 1190. The molecule has 4 heteroatoms. The van der Waals surface area contributed by atoms with Gasteiger partial charge in [0.2, 0.25) is 5.78 Å². The summed E-state index contributed by atoms with van der Waals surface area (Å²) in [6, 6.07) is 20.7. The molecule has 3 nitrogen and oxygen atoms in total. The zero-order chi connectivity index (χ0) is 22.5. The number of aryl methyl sites for hydroxylation is 1. The minimum Gasteiger partial charge on any atom is -0.508 e. The lowest BCUT2D eigenvalue weighted by Crippen LogP contribution is -2.03. The maximum absolute atomic E-state index is 13.4. The van der Waals surface area contributed by atoms with Crippen molar-refractivity contribution in [2.45, 2.75) is 40.5 Å². The molecule has 0 aliphatic rings. The third kappa shape index (κ3) is 4.80. The summed E-state index contributed by atoms with van der Waals surface area (Å²) in [4.78, 5) is 13.9. The van der Waals surface area contributed by atoms with Crippen LogP contribution in [-0.2, 0) is 0 Å². The molecule has 1 N–H and O–H groups in total. The normalized spacial score (nSPS) is 10.6. The van der Waals surface area contributed by atoms with E-state index in [1.807, 2.05) is 57.2 Å². The summed E-state index contributed by atoms with van der Waals surface area (Å²) in [5, 5.41) is 10.6. The highest BCUT2D eigenvalue weighted by Crippen LogP contribution is 2.42. The van der Waals surface area contributed by atoms with Gasteiger partial charge in [-0.05, 0) is 66.4 Å². The average Bonchev–Trinajstić information content (AvgIpc) is 3.13. The highest BCUT2D eigenvalue weighted by atomic mass is 32.1. The van der Waals surface area contributed by atoms with Crippen LogP contribution in [0, 0.1) is 6.92 Å². The molecule has 0 saturated heterocycles. The van der Waals surface area contributed by atoms with Gasteiger partial charge in [-0.2, -0.15) is 0 Å². The van der Waals surface area contributed by atoms with Crippen LogP contribution in [0.25, 0.3) is 10.1 Å². The van der Waals surface area contributed by atoms with Crippen LogP contribution in [0.5, 0.6) is 17.2 Å². The lowest BCUT2D eigenvalue weighted by atomic mass is 10.0. The number of fused-ring (bicyclic) bond motifs is 1. The molecule has 0 amide bonds. The van der Waals surface area contributed by atoms with Gasteiger partial charge in [0.15, 0.2) is 5.75 Å². The van der Waals surface area contributed by atoms with Crippen LogP contribution in [0.15, 0.2) is 66.7 Å². The van der Waals surface area contributed by atoms with Crippen molar-refractivity contribution in [1.82, 2.24) is 0 Å². The van der Waals surface area contributed by atoms with E-state index in [0.717, 1.165) is 15.6 Å². The predicted octanol–water partition coefficient (Wildman–Crippen LogP) is 8.09. The lowest BCUT2D eigenvalue weighted by molar-refractivity contribution is 0.104. The van der Waals surface area contributed by atoms with Crippen molar-refractivity contribution >= 4 is 27.2 Å². The first-order chi connectivity index (χ1) is 14.9. The zero-order valence-electron chi connectivity index (χ0n) is 18.6. The predicted molar refractivity (Wildman–Crippen MR) is 130 cm³/mol. The minimum absolute atomic E-state index is 0.0995. The van der Waals surface area contributed by atoms with Gasteiger partial charge in [0.1, 0.15) is 16.4 Å². The van der Waals surface area contributed by atoms with E-state index in [-0.39, 0.29) is 11.5 Å². The average molecular weight is 433 g/mol. The topological polar surface area (TPSA) is 46.5 Å². The number of rotatable bonds is 5. The molecular formula is C27H28O3S. The Kier molecular flexibility index (Phi) is 7.13. The molecule has 1 heterocycles. The summed E-state index contributed by atoms with van der Waals surface area (Å²) in [6.07, 6.45) is 0. The highest BCUT2D eigenvalue weighted by molar-refractivity contribution is 7.21. The van der Waals surface area contributed by atoms with Gasteiger partial charge in [-0.25, -0.2) is 0 Å². The summed E-state index contributed by atoms with van der Waals surface area (Å²) in [5.41, 5.74) is 2.54. The van der Waals surface area contributed by atoms with E-state index in [1.54, 1.807) is 18.2 Å². The summed E-state index contributed by atoms with van der Waals surface area (Å²) < 4.78 is 7.24. The molecule has 0 radical (unpaired) electrons. The molecular weight excluding hydrogens is 404 g/mol. The maximum Gasteiger partial charge on any atom is 0.207 e. The SMILES string of the molecule is CC.Cc1cc(O)ccc1C(=O)c1sc2ccccc2c1Oc1ccc(C(C)C)cc1. The molecule has 4 aromatic rings. The van der Waals surface area contributed by atoms with Crippen LogP contribution < -0.4 is 4.74 Å². The monoisotopic (exact) mass is 432 g/mol. The van der Waals surface area contributed by atoms with Crippen LogP contribution >= 0.6 is 11.3 Å². The number of hydrogen-bond acceptors (Lipinski definition) is 4. The molecule has 0 fully saturated rings. The Hall–Kier alpha value is -3.11. The number of phenolic OH excluding ortho intramolecular Hbond substituents is 1. The van der Waals surface area contributed by atoms with E-state index in [1.165, 1.54) is 16.9 Å². The third-order valence-electron chi connectivity index (χ3n) is 4.98. The van der Waals surface area contributed by atoms with Crippen molar-refractivity contribution in [3.63, 3.8) is 0 Å². The quantitative estimate of drug-likeness (QED) is 0.324. The first kappa shape index (κ1) is 22.6. The van der Waals surface area contributed by atoms with Crippen LogP contribution in [0.2, 0.25) is 0 Å². The van der Waals surface area contributed by atoms with E-state index in [4.69, 9.17) is 4.74 Å². The molecule has 0 atom stereocenters. The molecule has 160 valence electrons. The standard InChI is InChI=1S/C25H22O3S.C2H6/c1-15(2)17-8-11-19(12-9-17)28-24-21-6-4-5-7-22(21)29-25(24)23(27)20-13-10-18(26)14-16(20)3;1-2/h4-15,26H,1-3H3;1-2H3. The first-order valence-corrected chi connectivity index (χ1v) is 11.4. The summed E-state index contributed by atoms with van der Waals surface area (Å²) in [6.45, 7) is 10.1. The highest BCUT2D eigenvalue weighted by Gasteiger charge is 2.23. The van der Waals surface area contributed by atoms with E-state index in [9.17, 15) is 9.90 Å². The van der Waals surface area contributed by atoms with Crippen molar-refractivity contribution in [1.29, 1.82) is 0 Å². The van der Waals surface area contributed by atoms with Gasteiger partial charge >= 0.3 is 0 Å². The van der Waals surface area contributed by atoms with E-state index in [2.05, 4.69) is 26.0 Å². The van der Waals surface area contributed by atoms with Crippen LogP contribution in [-0.4, -0.2) is 10.9 Å². The smallest absolute Gasteiger partial charge is 0.207 e. The van der Waals surface area contributed by atoms with Crippen molar-refractivity contribution in [2.24, 2.45) is 0 Å². The van der Waals surface area contributed by atoms with Crippen molar-refractivity contribution in [2.75, 3.05) is 0 Å². The number of ether oxygens (including phenoxy) is 1. The zero-order valence-corrected chi connectivity index (χ0v) is 19.4. The Morgan fingerprint density at radius 3 is 2.29 bits per heavy atom. The number of thiophene rings is 1. The summed E-state index contributed by atoms with van der Waals surface area (Å²) >= 11 is 1.43. The third-order valence-corrected chi connectivity index (χ3v) is 6.13. The van der Waals surface area contributed by atoms with Gasteiger partial charge in [0, 0.05) is 15.6 Å². The van der Waals surface area contributed by atoms with Gasteiger partial charge in [0.25, 0.3) is 0 Å². The molecule has 0 saturated carbocycles. The van der Waals surface area contributed by atoms with Crippen molar-refractivity contribution in [3.8, 4) is 17.2 Å². The Morgan fingerprint density at radius 1 is 0.968 bits per heavy atom. The second kappa shape index (κ2) is 9.80. The molecule has 0 spiro atoms. The fraction of sp³-hybridized carbons (Fsp3) is 0.222. The van der Waals surface area contributed by atoms with Crippen molar-refractivity contribution in [3.05, 3.63) is 88.3 Å². The van der Waals surface area contributed by atoms with Crippen LogP contribution in [0.4, 0.5) is 0 Å². The van der Waals surface area contributed by atoms with Crippen molar-refractivity contribution < 1.29 is 14.6 Å². The summed E-state index contributed by atoms with van der Waals surface area (Å²) in [7, 11) is 0. The number of carbonyl (C=O) groups excluding carboxylic acids is 1. The van der Waals surface area contributed by atoms with E-state index >= 15 is 0 Å². The first-order valence-electron chi connectivity index (χ1n) is 10.6. The summed E-state index contributed by atoms with van der Waals surface area (Å²) in [5.74, 6) is 1.78. The molecule has 1 aromatic heterocycles. The number of carbonyl (C=O) groups is 1. The Labute approximate surface area is 187 Å². The van der Waals surface area contributed by atoms with Gasteiger partial charge in [-0.15, -0.1) is 11.3 Å². The second-order valence-electron chi connectivity index (χ2n) is 7.41. The number of ketones is 1. The Balaban J connectivity index is 0.00000132. The number of hydrogen-bond donors (Lipinski definition) is 1. The number of aromatic hydroxyl groups is 1. The van der Waals surface area contributed by atoms with Gasteiger partial charge < -0.3 is 9.84 Å². The van der Waals surface area contributed by atoms with Crippen LogP contribution in [0.3, 0.4) is 0 Å². The molecule has 0 aliphatic carbocycles. The second-order valence-corrected chi connectivity index (χ2v) is 8.46. The molecule has 0 bridgehead atoms. The fourth-order valence-corrected chi connectivity index (χ4v) is 4.42. The van der Waals surface area contributed by atoms with Gasteiger partial charge in [-0.3, -0.25) is 4.79 Å². The van der Waals surface area contributed by atoms with Gasteiger partial charge in [-0.1, -0.05) is 52.0 Å². The van der Waals surface area contributed by atoms with Gasteiger partial charge in [0.05, 0.1) is 0 Å². The molecule has 31 heavy (non-hydrogen) atoms.